The van der Waals surface area contributed by atoms with Gasteiger partial charge in [-0.3, -0.25) is 0 Å². The van der Waals surface area contributed by atoms with Gasteiger partial charge in [0.1, 0.15) is 0 Å². The normalized spacial score (nSPS) is 12.8. The van der Waals surface area contributed by atoms with E-state index in [1.54, 1.807) is 0 Å². The molecule has 1 atom stereocenters. The van der Waals surface area contributed by atoms with Crippen molar-refractivity contribution >= 4 is 21.8 Å². The van der Waals surface area contributed by atoms with Gasteiger partial charge in [0.15, 0.2) is 0 Å². The summed E-state index contributed by atoms with van der Waals surface area (Å²) in [5.74, 6) is 0.556. The van der Waals surface area contributed by atoms with Crippen molar-refractivity contribution in [2.24, 2.45) is 0 Å². The molecule has 0 saturated heterocycles. The summed E-state index contributed by atoms with van der Waals surface area (Å²) in [4.78, 5) is 3.67. The number of hydrogen-bond donors (Lipinski definition) is 1. The maximum atomic E-state index is 3.67. The Morgan fingerprint density at radius 3 is 2.46 bits per heavy atom. The van der Waals surface area contributed by atoms with E-state index in [1.165, 1.54) is 44.1 Å². The maximum Gasteiger partial charge on any atom is 0.0547 e. The Kier molecular flexibility index (Phi) is 3.65. The average molecular weight is 313 g/mol. The molecule has 1 heterocycles. The van der Waals surface area contributed by atoms with Crippen molar-refractivity contribution in [1.29, 1.82) is 0 Å². The van der Waals surface area contributed by atoms with Gasteiger partial charge in [-0.15, -0.1) is 0 Å². The summed E-state index contributed by atoms with van der Waals surface area (Å²) < 4.78 is 0. The van der Waals surface area contributed by atoms with E-state index in [4.69, 9.17) is 0 Å². The molecule has 3 aromatic carbocycles. The number of fused-ring (bicyclic) bond motifs is 3. The van der Waals surface area contributed by atoms with Crippen LogP contribution in [0, 0.1) is 6.92 Å². The third-order valence-electron chi connectivity index (χ3n) is 5.26. The lowest BCUT2D eigenvalue weighted by Gasteiger charge is -2.17. The van der Waals surface area contributed by atoms with Crippen molar-refractivity contribution < 1.29 is 0 Å². The summed E-state index contributed by atoms with van der Waals surface area (Å²) in [7, 11) is 0. The Balaban J connectivity index is 2.09. The zero-order valence-electron chi connectivity index (χ0n) is 14.6. The number of aromatic nitrogens is 1. The molecule has 0 amide bonds. The van der Waals surface area contributed by atoms with Gasteiger partial charge in [0.25, 0.3) is 0 Å². The first-order chi connectivity index (χ1) is 11.7. The fraction of sp³-hybridized carbons (Fsp3) is 0.217. The van der Waals surface area contributed by atoms with Crippen LogP contribution in [0.3, 0.4) is 0 Å². The zero-order valence-corrected chi connectivity index (χ0v) is 14.6. The Morgan fingerprint density at radius 1 is 0.875 bits per heavy atom. The highest BCUT2D eigenvalue weighted by atomic mass is 14.7. The van der Waals surface area contributed by atoms with Crippen LogP contribution in [-0.4, -0.2) is 4.98 Å². The van der Waals surface area contributed by atoms with Crippen LogP contribution in [0.4, 0.5) is 0 Å². The first-order valence-electron chi connectivity index (χ1n) is 8.80. The number of H-pyrrole nitrogens is 1. The summed E-state index contributed by atoms with van der Waals surface area (Å²) in [5, 5.41) is 2.61. The fourth-order valence-corrected chi connectivity index (χ4v) is 3.74. The Bertz CT molecular complexity index is 1020. The molecule has 0 fully saturated rings. The molecule has 0 aliphatic carbocycles. The number of benzene rings is 3. The molecule has 4 rings (SSSR count). The second-order valence-corrected chi connectivity index (χ2v) is 6.75. The molecular formula is C23H23N. The van der Waals surface area contributed by atoms with E-state index in [-0.39, 0.29) is 0 Å². The highest BCUT2D eigenvalue weighted by Gasteiger charge is 2.16. The second kappa shape index (κ2) is 5.83. The molecule has 4 aromatic rings. The Hall–Kier alpha value is -2.54. The van der Waals surface area contributed by atoms with Crippen molar-refractivity contribution in [2.75, 3.05) is 0 Å². The molecule has 120 valence electrons. The third kappa shape index (κ3) is 2.24. The molecule has 0 radical (unpaired) electrons. The molecule has 0 aliphatic rings. The number of para-hydroxylation sites is 1. The minimum Gasteiger partial charge on any atom is -0.354 e. The number of nitrogens with one attached hydrogen (secondary N) is 1. The number of hydrogen-bond acceptors (Lipinski definition) is 0. The number of rotatable bonds is 3. The van der Waals surface area contributed by atoms with Gasteiger partial charge in [-0.1, -0.05) is 68.4 Å². The Labute approximate surface area is 143 Å². The summed E-state index contributed by atoms with van der Waals surface area (Å²) in [5.41, 5.74) is 7.94. The summed E-state index contributed by atoms with van der Waals surface area (Å²) in [6, 6.07) is 21.9. The van der Waals surface area contributed by atoms with Crippen LogP contribution in [0.1, 0.15) is 37.3 Å². The van der Waals surface area contributed by atoms with Gasteiger partial charge in [0, 0.05) is 21.9 Å². The zero-order chi connectivity index (χ0) is 16.7. The van der Waals surface area contributed by atoms with Gasteiger partial charge in [0.2, 0.25) is 0 Å². The van der Waals surface area contributed by atoms with Crippen LogP contribution in [-0.2, 0) is 0 Å². The third-order valence-corrected chi connectivity index (χ3v) is 5.26. The molecule has 0 spiro atoms. The first-order valence-corrected chi connectivity index (χ1v) is 8.80. The SMILES string of the molecule is CCC(C)c1ccccc1-c1c(C)ccc2c1[nH]c1ccccc12. The summed E-state index contributed by atoms with van der Waals surface area (Å²) in [6.07, 6.45) is 1.15. The minimum atomic E-state index is 0.556. The van der Waals surface area contributed by atoms with Gasteiger partial charge < -0.3 is 4.98 Å². The molecule has 0 saturated carbocycles. The lowest BCUT2D eigenvalue weighted by atomic mass is 9.87. The minimum absolute atomic E-state index is 0.556. The van der Waals surface area contributed by atoms with Crippen LogP contribution in [0.25, 0.3) is 32.9 Å². The summed E-state index contributed by atoms with van der Waals surface area (Å²) in [6.45, 7) is 6.80. The monoisotopic (exact) mass is 313 g/mol. The quantitative estimate of drug-likeness (QED) is 0.427. The van der Waals surface area contributed by atoms with Crippen molar-refractivity contribution in [3.63, 3.8) is 0 Å². The van der Waals surface area contributed by atoms with Gasteiger partial charge >= 0.3 is 0 Å². The number of aryl methyl sites for hydroxylation is 1. The molecule has 0 bridgehead atoms. The van der Waals surface area contributed by atoms with Gasteiger partial charge in [-0.25, -0.2) is 0 Å². The highest BCUT2D eigenvalue weighted by molar-refractivity contribution is 6.12. The van der Waals surface area contributed by atoms with Gasteiger partial charge in [-0.2, -0.15) is 0 Å². The van der Waals surface area contributed by atoms with E-state index >= 15 is 0 Å². The van der Waals surface area contributed by atoms with E-state index in [0.717, 1.165) is 6.42 Å². The van der Waals surface area contributed by atoms with Crippen LogP contribution in [0.2, 0.25) is 0 Å². The second-order valence-electron chi connectivity index (χ2n) is 6.75. The first kappa shape index (κ1) is 15.0. The van der Waals surface area contributed by atoms with Crippen molar-refractivity contribution in [2.45, 2.75) is 33.1 Å². The van der Waals surface area contributed by atoms with Crippen molar-refractivity contribution in [1.82, 2.24) is 4.98 Å². The van der Waals surface area contributed by atoms with E-state index in [0.29, 0.717) is 5.92 Å². The molecule has 24 heavy (non-hydrogen) atoms. The molecule has 0 aliphatic heterocycles. The van der Waals surface area contributed by atoms with E-state index in [9.17, 15) is 0 Å². The molecule has 1 aromatic heterocycles. The lowest BCUT2D eigenvalue weighted by molar-refractivity contribution is 0.735. The van der Waals surface area contributed by atoms with Crippen LogP contribution < -0.4 is 0 Å². The topological polar surface area (TPSA) is 15.8 Å². The van der Waals surface area contributed by atoms with Gasteiger partial charge in [0.05, 0.1) is 5.52 Å². The highest BCUT2D eigenvalue weighted by Crippen LogP contribution is 2.39. The van der Waals surface area contributed by atoms with E-state index in [1.807, 2.05) is 0 Å². The predicted octanol–water partition coefficient (Wildman–Crippen LogP) is 6.81. The maximum absolute atomic E-state index is 3.67. The summed E-state index contributed by atoms with van der Waals surface area (Å²) >= 11 is 0. The molecule has 1 heteroatoms. The van der Waals surface area contributed by atoms with Crippen LogP contribution in [0.15, 0.2) is 60.7 Å². The predicted molar refractivity (Wildman–Crippen MR) is 105 cm³/mol. The largest absolute Gasteiger partial charge is 0.354 e. The van der Waals surface area contributed by atoms with Crippen LogP contribution >= 0.6 is 0 Å². The van der Waals surface area contributed by atoms with E-state index in [2.05, 4.69) is 86.4 Å². The lowest BCUT2D eigenvalue weighted by Crippen LogP contribution is -1.97. The smallest absolute Gasteiger partial charge is 0.0547 e. The molecular weight excluding hydrogens is 290 g/mol. The Morgan fingerprint density at radius 2 is 1.62 bits per heavy atom. The number of aromatic amines is 1. The van der Waals surface area contributed by atoms with E-state index < -0.39 is 0 Å². The standard InChI is InChI=1S/C23H23N/c1-4-15(2)17-9-5-6-11-19(17)22-16(3)13-14-20-18-10-7-8-12-21(18)24-23(20)22/h5-15,24H,4H2,1-3H3. The van der Waals surface area contributed by atoms with Crippen LogP contribution in [0.5, 0.6) is 0 Å². The van der Waals surface area contributed by atoms with Crippen molar-refractivity contribution in [3.8, 4) is 11.1 Å². The molecule has 1 unspecified atom stereocenters. The molecule has 1 nitrogen and oxygen atoms in total. The van der Waals surface area contributed by atoms with Crippen molar-refractivity contribution in [3.05, 3.63) is 71.8 Å². The molecule has 1 N–H and O–H groups in total. The fourth-order valence-electron chi connectivity index (χ4n) is 3.74. The average Bonchev–Trinajstić information content (AvgIpc) is 2.99. The van der Waals surface area contributed by atoms with Gasteiger partial charge in [-0.05, 0) is 42.0 Å².